The van der Waals surface area contributed by atoms with Crippen molar-refractivity contribution in [3.05, 3.63) is 29.8 Å². The molecule has 1 aromatic rings. The fourth-order valence-corrected chi connectivity index (χ4v) is 1.37. The monoisotopic (exact) mass is 259 g/mol. The van der Waals surface area contributed by atoms with Gasteiger partial charge in [-0.2, -0.15) is 0 Å². The van der Waals surface area contributed by atoms with Crippen molar-refractivity contribution in [2.45, 2.75) is 12.5 Å². The lowest BCUT2D eigenvalue weighted by atomic mass is 10.2. The molecule has 0 amide bonds. The van der Waals surface area contributed by atoms with Gasteiger partial charge in [-0.25, -0.2) is 8.78 Å². The van der Waals surface area contributed by atoms with Gasteiger partial charge in [-0.1, -0.05) is 0 Å². The van der Waals surface area contributed by atoms with Crippen molar-refractivity contribution in [1.29, 1.82) is 0 Å². The Morgan fingerprint density at radius 3 is 2.67 bits per heavy atom. The Bertz CT molecular complexity index is 424. The maximum absolute atomic E-state index is 13.3. The van der Waals surface area contributed by atoms with Gasteiger partial charge in [-0.05, 0) is 26.2 Å². The Morgan fingerprint density at radius 2 is 2.11 bits per heavy atom. The summed E-state index contributed by atoms with van der Waals surface area (Å²) in [6.45, 7) is -0.0281. The van der Waals surface area contributed by atoms with Gasteiger partial charge in [0.2, 0.25) is 0 Å². The van der Waals surface area contributed by atoms with Gasteiger partial charge in [0.25, 0.3) is 0 Å². The van der Waals surface area contributed by atoms with Gasteiger partial charge in [0.15, 0.2) is 11.6 Å². The molecule has 0 heterocycles. The normalized spacial score (nSPS) is 12.5. The van der Waals surface area contributed by atoms with Crippen molar-refractivity contribution >= 4 is 5.97 Å². The minimum Gasteiger partial charge on any atom is -0.489 e. The molecule has 1 unspecified atom stereocenters. The molecule has 18 heavy (non-hydrogen) atoms. The van der Waals surface area contributed by atoms with E-state index in [-0.39, 0.29) is 18.8 Å². The van der Waals surface area contributed by atoms with E-state index in [1.165, 1.54) is 0 Å². The Kier molecular flexibility index (Phi) is 5.03. The molecule has 0 bridgehead atoms. The minimum absolute atomic E-state index is 0.0281. The van der Waals surface area contributed by atoms with Crippen molar-refractivity contribution in [1.82, 2.24) is 4.90 Å². The molecule has 0 radical (unpaired) electrons. The molecular weight excluding hydrogens is 244 g/mol. The molecule has 0 saturated carbocycles. The second-order valence-electron chi connectivity index (χ2n) is 4.10. The van der Waals surface area contributed by atoms with Crippen LogP contribution < -0.4 is 4.74 Å². The molecule has 6 heteroatoms. The lowest BCUT2D eigenvalue weighted by Crippen LogP contribution is -2.35. The van der Waals surface area contributed by atoms with Crippen LogP contribution in [0.1, 0.15) is 6.42 Å². The molecule has 1 rings (SSSR count). The van der Waals surface area contributed by atoms with E-state index < -0.39 is 23.6 Å². The van der Waals surface area contributed by atoms with E-state index in [1.54, 1.807) is 19.0 Å². The number of hydrogen-bond donors (Lipinski definition) is 1. The first kappa shape index (κ1) is 14.4. The molecule has 0 aromatic heterocycles. The zero-order valence-electron chi connectivity index (χ0n) is 10.2. The first-order chi connectivity index (χ1) is 8.40. The van der Waals surface area contributed by atoms with Crippen LogP contribution in [0.2, 0.25) is 0 Å². The third kappa shape index (κ3) is 4.29. The summed E-state index contributed by atoms with van der Waals surface area (Å²) < 4.78 is 31.3. The van der Waals surface area contributed by atoms with Gasteiger partial charge in [0.1, 0.15) is 12.4 Å². The number of benzene rings is 1. The van der Waals surface area contributed by atoms with E-state index >= 15 is 0 Å². The number of hydrogen-bond acceptors (Lipinski definition) is 3. The van der Waals surface area contributed by atoms with Gasteiger partial charge in [-0.3, -0.25) is 4.79 Å². The maximum Gasteiger partial charge on any atom is 0.305 e. The highest BCUT2D eigenvalue weighted by Crippen LogP contribution is 2.18. The summed E-state index contributed by atoms with van der Waals surface area (Å²) in [7, 11) is 3.39. The van der Waals surface area contributed by atoms with Gasteiger partial charge in [-0.15, -0.1) is 0 Å². The second-order valence-corrected chi connectivity index (χ2v) is 4.10. The molecule has 1 aromatic carbocycles. The molecule has 1 atom stereocenters. The third-order valence-electron chi connectivity index (χ3n) is 2.47. The van der Waals surface area contributed by atoms with Crippen LogP contribution in [0.25, 0.3) is 0 Å². The quantitative estimate of drug-likeness (QED) is 0.845. The predicted octanol–water partition coefficient (Wildman–Crippen LogP) is 1.75. The van der Waals surface area contributed by atoms with Crippen LogP contribution in [-0.2, 0) is 4.79 Å². The number of carboxylic acid groups (broad SMARTS) is 1. The zero-order valence-corrected chi connectivity index (χ0v) is 10.2. The molecule has 0 fully saturated rings. The SMILES string of the molecule is CN(C)C(COc1cc(F)ccc1F)CC(=O)O. The number of carboxylic acids is 1. The minimum atomic E-state index is -0.975. The summed E-state index contributed by atoms with van der Waals surface area (Å²) >= 11 is 0. The average molecular weight is 259 g/mol. The average Bonchev–Trinajstić information content (AvgIpc) is 2.27. The van der Waals surface area contributed by atoms with Crippen LogP contribution in [0.3, 0.4) is 0 Å². The highest BCUT2D eigenvalue weighted by Gasteiger charge is 2.17. The number of likely N-dealkylation sites (N-methyl/N-ethyl adjacent to an activating group) is 1. The van der Waals surface area contributed by atoms with Crippen molar-refractivity contribution in [2.24, 2.45) is 0 Å². The molecule has 1 N–H and O–H groups in total. The molecule has 0 spiro atoms. The number of aliphatic carboxylic acids is 1. The molecule has 0 aliphatic carbocycles. The van der Waals surface area contributed by atoms with E-state index in [0.29, 0.717) is 0 Å². The summed E-state index contributed by atoms with van der Waals surface area (Å²) in [6.07, 6.45) is -0.135. The molecule has 0 aliphatic heterocycles. The van der Waals surface area contributed by atoms with Crippen molar-refractivity contribution < 1.29 is 23.4 Å². The summed E-state index contributed by atoms with van der Waals surface area (Å²) in [5.41, 5.74) is 0. The largest absolute Gasteiger partial charge is 0.489 e. The molecule has 4 nitrogen and oxygen atoms in total. The Morgan fingerprint density at radius 1 is 1.44 bits per heavy atom. The third-order valence-corrected chi connectivity index (χ3v) is 2.47. The standard InChI is InChI=1S/C12H15F2NO3/c1-15(2)9(6-12(16)17)7-18-11-5-8(13)3-4-10(11)14/h3-5,9H,6-7H2,1-2H3,(H,16,17). The highest BCUT2D eigenvalue weighted by molar-refractivity contribution is 5.67. The molecular formula is C12H15F2NO3. The first-order valence-corrected chi connectivity index (χ1v) is 5.36. The number of nitrogens with zero attached hydrogens (tertiary/aromatic N) is 1. The van der Waals surface area contributed by atoms with E-state index in [0.717, 1.165) is 18.2 Å². The number of ether oxygens (including phenoxy) is 1. The molecule has 0 saturated heterocycles. The Labute approximate surface area is 104 Å². The van der Waals surface area contributed by atoms with Crippen LogP contribution in [0.5, 0.6) is 5.75 Å². The summed E-state index contributed by atoms with van der Waals surface area (Å²) in [4.78, 5) is 12.3. The van der Waals surface area contributed by atoms with Crippen molar-refractivity contribution in [3.8, 4) is 5.75 Å². The van der Waals surface area contributed by atoms with Gasteiger partial charge < -0.3 is 14.7 Å². The fraction of sp³-hybridized carbons (Fsp3) is 0.417. The Balaban J connectivity index is 2.66. The lowest BCUT2D eigenvalue weighted by Gasteiger charge is -2.22. The fourth-order valence-electron chi connectivity index (χ4n) is 1.37. The van der Waals surface area contributed by atoms with E-state index in [4.69, 9.17) is 9.84 Å². The van der Waals surface area contributed by atoms with E-state index in [1.807, 2.05) is 0 Å². The number of rotatable bonds is 6. The molecule has 100 valence electrons. The van der Waals surface area contributed by atoms with Crippen LogP contribution in [0.4, 0.5) is 8.78 Å². The Hall–Kier alpha value is -1.69. The smallest absolute Gasteiger partial charge is 0.305 e. The van der Waals surface area contributed by atoms with Crippen LogP contribution in [0, 0.1) is 11.6 Å². The summed E-state index contributed by atoms with van der Waals surface area (Å²) in [6, 6.07) is 2.48. The van der Waals surface area contributed by atoms with Crippen LogP contribution in [0.15, 0.2) is 18.2 Å². The number of carbonyl (C=O) groups is 1. The van der Waals surface area contributed by atoms with Crippen LogP contribution in [-0.4, -0.2) is 42.7 Å². The summed E-state index contributed by atoms with van der Waals surface area (Å²) in [5, 5.41) is 8.71. The van der Waals surface area contributed by atoms with Gasteiger partial charge >= 0.3 is 5.97 Å². The summed E-state index contributed by atoms with van der Waals surface area (Å²) in [5.74, 6) is -2.47. The maximum atomic E-state index is 13.3. The van der Waals surface area contributed by atoms with Crippen LogP contribution >= 0.6 is 0 Å². The van der Waals surface area contributed by atoms with Gasteiger partial charge in [0.05, 0.1) is 12.5 Å². The first-order valence-electron chi connectivity index (χ1n) is 5.36. The van der Waals surface area contributed by atoms with Gasteiger partial charge in [0, 0.05) is 6.07 Å². The lowest BCUT2D eigenvalue weighted by molar-refractivity contribution is -0.138. The van der Waals surface area contributed by atoms with Crippen molar-refractivity contribution in [2.75, 3.05) is 20.7 Å². The second kappa shape index (κ2) is 6.30. The molecule has 0 aliphatic rings. The van der Waals surface area contributed by atoms with Crippen molar-refractivity contribution in [3.63, 3.8) is 0 Å². The number of halogens is 2. The topological polar surface area (TPSA) is 49.8 Å². The van der Waals surface area contributed by atoms with E-state index in [9.17, 15) is 13.6 Å². The highest BCUT2D eigenvalue weighted by atomic mass is 19.1. The zero-order chi connectivity index (χ0) is 13.7. The predicted molar refractivity (Wildman–Crippen MR) is 61.6 cm³/mol. The van der Waals surface area contributed by atoms with E-state index in [2.05, 4.69) is 0 Å².